The first kappa shape index (κ1) is 11.6. The first-order valence-corrected chi connectivity index (χ1v) is 5.52. The van der Waals surface area contributed by atoms with Crippen molar-refractivity contribution in [1.29, 1.82) is 0 Å². The molecule has 2 aromatic rings. The predicted octanol–water partition coefficient (Wildman–Crippen LogP) is 2.40. The number of fused-ring (bicyclic) bond motifs is 1. The summed E-state index contributed by atoms with van der Waals surface area (Å²) in [7, 11) is 1.37. The minimum Gasteiger partial charge on any atom is -0.469 e. The zero-order valence-corrected chi connectivity index (χ0v) is 9.72. The van der Waals surface area contributed by atoms with Gasteiger partial charge in [0.15, 0.2) is 0 Å². The molecule has 1 atom stereocenters. The first-order valence-electron chi connectivity index (χ1n) is 5.52. The van der Waals surface area contributed by atoms with Gasteiger partial charge in [-0.25, -0.2) is 0 Å². The Labute approximate surface area is 100 Å². The zero-order chi connectivity index (χ0) is 12.3. The molecule has 0 amide bonds. The summed E-state index contributed by atoms with van der Waals surface area (Å²) < 4.78 is 4.61. The SMILES string of the molecule is COC(=O)C[C@@H](N)c1ccc2ccccc2c1. The van der Waals surface area contributed by atoms with E-state index in [0.717, 1.165) is 10.9 Å². The molecule has 0 heterocycles. The van der Waals surface area contributed by atoms with E-state index >= 15 is 0 Å². The van der Waals surface area contributed by atoms with Crippen molar-refractivity contribution in [2.45, 2.75) is 12.5 Å². The number of carbonyl (C=O) groups excluding carboxylic acids is 1. The van der Waals surface area contributed by atoms with E-state index in [1.165, 1.54) is 12.5 Å². The minimum absolute atomic E-state index is 0.203. The fourth-order valence-electron chi connectivity index (χ4n) is 1.82. The summed E-state index contributed by atoms with van der Waals surface area (Å²) in [5, 5.41) is 2.30. The van der Waals surface area contributed by atoms with Crippen LogP contribution in [0, 0.1) is 0 Å². The molecule has 0 saturated heterocycles. The van der Waals surface area contributed by atoms with Gasteiger partial charge in [-0.15, -0.1) is 0 Å². The Balaban J connectivity index is 2.26. The molecular formula is C14H15NO2. The highest BCUT2D eigenvalue weighted by molar-refractivity contribution is 5.83. The standard InChI is InChI=1S/C14H15NO2/c1-17-14(16)9-13(15)12-7-6-10-4-2-3-5-11(10)8-12/h2-8,13H,9,15H2,1H3/t13-/m1/s1. The monoisotopic (exact) mass is 229 g/mol. The molecule has 0 radical (unpaired) electrons. The number of benzene rings is 2. The van der Waals surface area contributed by atoms with Gasteiger partial charge < -0.3 is 10.5 Å². The number of hydrogen-bond acceptors (Lipinski definition) is 3. The van der Waals surface area contributed by atoms with Gasteiger partial charge in [0, 0.05) is 6.04 Å². The lowest BCUT2D eigenvalue weighted by atomic mass is 10.0. The minimum atomic E-state index is -0.313. The van der Waals surface area contributed by atoms with E-state index in [2.05, 4.69) is 4.74 Å². The highest BCUT2D eigenvalue weighted by Gasteiger charge is 2.11. The van der Waals surface area contributed by atoms with Crippen LogP contribution in [0.15, 0.2) is 42.5 Å². The number of carbonyl (C=O) groups is 1. The van der Waals surface area contributed by atoms with Gasteiger partial charge in [0.25, 0.3) is 0 Å². The topological polar surface area (TPSA) is 52.3 Å². The lowest BCUT2D eigenvalue weighted by Crippen LogP contribution is -2.16. The van der Waals surface area contributed by atoms with Gasteiger partial charge in [0.2, 0.25) is 0 Å². The van der Waals surface area contributed by atoms with Crippen molar-refractivity contribution in [3.8, 4) is 0 Å². The van der Waals surface area contributed by atoms with E-state index in [-0.39, 0.29) is 18.4 Å². The third-order valence-corrected chi connectivity index (χ3v) is 2.82. The number of methoxy groups -OCH3 is 1. The Morgan fingerprint density at radius 1 is 1.24 bits per heavy atom. The largest absolute Gasteiger partial charge is 0.469 e. The van der Waals surface area contributed by atoms with Crippen molar-refractivity contribution in [2.75, 3.05) is 7.11 Å². The average molecular weight is 229 g/mol. The van der Waals surface area contributed by atoms with E-state index in [9.17, 15) is 4.79 Å². The molecule has 0 unspecified atom stereocenters. The van der Waals surface area contributed by atoms with Gasteiger partial charge in [-0.1, -0.05) is 36.4 Å². The van der Waals surface area contributed by atoms with Crippen molar-refractivity contribution >= 4 is 16.7 Å². The molecule has 0 fully saturated rings. The molecule has 0 aliphatic rings. The van der Waals surface area contributed by atoms with E-state index < -0.39 is 0 Å². The second kappa shape index (κ2) is 4.97. The van der Waals surface area contributed by atoms with Crippen LogP contribution in [0.1, 0.15) is 18.0 Å². The van der Waals surface area contributed by atoms with Gasteiger partial charge >= 0.3 is 5.97 Å². The van der Waals surface area contributed by atoms with Crippen molar-refractivity contribution in [3.63, 3.8) is 0 Å². The van der Waals surface area contributed by atoms with E-state index in [1.807, 2.05) is 42.5 Å². The van der Waals surface area contributed by atoms with Crippen molar-refractivity contribution in [1.82, 2.24) is 0 Å². The van der Waals surface area contributed by atoms with Crippen molar-refractivity contribution in [3.05, 3.63) is 48.0 Å². The number of esters is 1. The Kier molecular flexibility index (Phi) is 3.40. The first-order chi connectivity index (χ1) is 8.20. The van der Waals surface area contributed by atoms with Gasteiger partial charge in [-0.2, -0.15) is 0 Å². The zero-order valence-electron chi connectivity index (χ0n) is 9.72. The molecule has 2 rings (SSSR count). The van der Waals surface area contributed by atoms with E-state index in [4.69, 9.17) is 5.73 Å². The molecule has 2 N–H and O–H groups in total. The highest BCUT2D eigenvalue weighted by atomic mass is 16.5. The Morgan fingerprint density at radius 2 is 1.94 bits per heavy atom. The summed E-state index contributed by atoms with van der Waals surface area (Å²) in [4.78, 5) is 11.2. The molecule has 3 heteroatoms. The molecule has 0 aliphatic heterocycles. The normalized spacial score (nSPS) is 12.4. The third kappa shape index (κ3) is 2.63. The fourth-order valence-corrected chi connectivity index (χ4v) is 1.82. The highest BCUT2D eigenvalue weighted by Crippen LogP contribution is 2.21. The Hall–Kier alpha value is -1.87. The maximum absolute atomic E-state index is 11.2. The number of nitrogens with two attached hydrogens (primary N) is 1. The lowest BCUT2D eigenvalue weighted by Gasteiger charge is -2.11. The number of hydrogen-bond donors (Lipinski definition) is 1. The van der Waals surface area contributed by atoms with Crippen molar-refractivity contribution < 1.29 is 9.53 Å². The summed E-state index contributed by atoms with van der Waals surface area (Å²) >= 11 is 0. The van der Waals surface area contributed by atoms with Crippen LogP contribution in [0.25, 0.3) is 10.8 Å². The lowest BCUT2D eigenvalue weighted by molar-refractivity contribution is -0.141. The summed E-state index contributed by atoms with van der Waals surface area (Å²) in [6.45, 7) is 0. The van der Waals surface area contributed by atoms with E-state index in [0.29, 0.717) is 0 Å². The van der Waals surface area contributed by atoms with Crippen LogP contribution in [-0.2, 0) is 9.53 Å². The molecule has 17 heavy (non-hydrogen) atoms. The molecule has 3 nitrogen and oxygen atoms in total. The number of rotatable bonds is 3. The van der Waals surface area contributed by atoms with Crippen LogP contribution < -0.4 is 5.73 Å². The summed E-state index contributed by atoms with van der Waals surface area (Å²) in [6.07, 6.45) is 0.203. The van der Waals surface area contributed by atoms with Gasteiger partial charge in [0.05, 0.1) is 13.5 Å². The molecule has 88 valence electrons. The Morgan fingerprint density at radius 3 is 2.65 bits per heavy atom. The maximum atomic E-state index is 11.2. The second-order valence-electron chi connectivity index (χ2n) is 3.99. The predicted molar refractivity (Wildman–Crippen MR) is 67.5 cm³/mol. The molecular weight excluding hydrogens is 214 g/mol. The van der Waals surface area contributed by atoms with Crippen LogP contribution in [0.4, 0.5) is 0 Å². The quantitative estimate of drug-likeness (QED) is 0.822. The molecule has 0 aliphatic carbocycles. The Bertz CT molecular complexity index is 536. The smallest absolute Gasteiger partial charge is 0.307 e. The van der Waals surface area contributed by atoms with Gasteiger partial charge in [-0.3, -0.25) is 4.79 Å². The van der Waals surface area contributed by atoms with Gasteiger partial charge in [-0.05, 0) is 22.4 Å². The van der Waals surface area contributed by atoms with Crippen LogP contribution in [-0.4, -0.2) is 13.1 Å². The fraction of sp³-hybridized carbons (Fsp3) is 0.214. The van der Waals surface area contributed by atoms with E-state index in [1.54, 1.807) is 0 Å². The maximum Gasteiger partial charge on any atom is 0.307 e. The summed E-state index contributed by atoms with van der Waals surface area (Å²) in [5.74, 6) is -0.286. The molecule has 0 aromatic heterocycles. The third-order valence-electron chi connectivity index (χ3n) is 2.82. The van der Waals surface area contributed by atoms with Crippen LogP contribution >= 0.6 is 0 Å². The van der Waals surface area contributed by atoms with Gasteiger partial charge in [0.1, 0.15) is 0 Å². The van der Waals surface area contributed by atoms with Crippen molar-refractivity contribution in [2.24, 2.45) is 5.73 Å². The number of ether oxygens (including phenoxy) is 1. The summed E-state index contributed by atoms with van der Waals surface area (Å²) in [5.41, 5.74) is 6.91. The average Bonchev–Trinajstić information content (AvgIpc) is 2.38. The molecule has 0 bridgehead atoms. The van der Waals surface area contributed by atoms with Crippen LogP contribution in [0.2, 0.25) is 0 Å². The molecule has 0 spiro atoms. The van der Waals surface area contributed by atoms with Crippen LogP contribution in [0.5, 0.6) is 0 Å². The second-order valence-corrected chi connectivity index (χ2v) is 3.99. The molecule has 0 saturated carbocycles. The van der Waals surface area contributed by atoms with Crippen LogP contribution in [0.3, 0.4) is 0 Å². The molecule has 2 aromatic carbocycles. The summed E-state index contributed by atoms with van der Waals surface area (Å²) in [6, 6.07) is 13.7.